The van der Waals surface area contributed by atoms with Crippen LogP contribution < -0.4 is 15.9 Å². The monoisotopic (exact) mass is 320 g/mol. The zero-order valence-corrected chi connectivity index (χ0v) is 8.64. The molecule has 4 nitrogen and oxygen atoms in total. The third-order valence-corrected chi connectivity index (χ3v) is 2.22. The first-order valence-corrected chi connectivity index (χ1v) is 4.31. The van der Waals surface area contributed by atoms with Crippen molar-refractivity contribution in [3.63, 3.8) is 0 Å². The smallest absolute Gasteiger partial charge is 0.394 e. The molecule has 78 valence electrons. The lowest BCUT2D eigenvalue weighted by Gasteiger charge is -2.09. The van der Waals surface area contributed by atoms with Crippen molar-refractivity contribution in [2.75, 3.05) is 5.73 Å². The minimum absolute atomic E-state index is 0.163. The topological polar surface area (TPSA) is 68.1 Å². The molecular weight excluding hydrogens is 316 g/mol. The molecule has 0 bridgehead atoms. The van der Waals surface area contributed by atoms with Crippen molar-refractivity contribution in [2.45, 2.75) is 6.36 Å². The highest BCUT2D eigenvalue weighted by Gasteiger charge is 2.32. The predicted octanol–water partition coefficient (Wildman–Crippen LogP) is 1.46. The number of nitrogen functional groups attached to an aromatic ring is 1. The highest BCUT2D eigenvalue weighted by molar-refractivity contribution is 14.1. The number of alkyl halides is 3. The molecule has 8 heteroatoms. The molecule has 3 N–H and O–H groups in total. The van der Waals surface area contributed by atoms with Crippen molar-refractivity contribution < 1.29 is 17.9 Å². The van der Waals surface area contributed by atoms with Gasteiger partial charge in [-0.25, -0.2) is 0 Å². The highest BCUT2D eigenvalue weighted by atomic mass is 127. The van der Waals surface area contributed by atoms with Crippen LogP contribution in [0.5, 0.6) is 5.88 Å². The number of halogens is 4. The molecule has 0 saturated heterocycles. The maximum Gasteiger partial charge on any atom is 0.574 e. The Morgan fingerprint density at radius 1 is 1.50 bits per heavy atom. The minimum atomic E-state index is -4.83. The zero-order valence-electron chi connectivity index (χ0n) is 6.48. The molecule has 1 aromatic rings. The normalized spacial score (nSPS) is 11.4. The standard InChI is InChI=1S/C6H4F3IN2O2/c7-6(8,9)14-5-3(10)4(13)2(11)1-12-5/h1H,11H2,(H,12,13). The number of nitrogens with two attached hydrogens (primary N) is 1. The van der Waals surface area contributed by atoms with Crippen LogP contribution >= 0.6 is 22.6 Å². The number of H-pyrrole nitrogens is 1. The molecule has 0 unspecified atom stereocenters. The third kappa shape index (κ3) is 2.53. The summed E-state index contributed by atoms with van der Waals surface area (Å²) in [6.45, 7) is 0. The molecule has 0 aliphatic rings. The van der Waals surface area contributed by atoms with Gasteiger partial charge in [0.15, 0.2) is 0 Å². The lowest BCUT2D eigenvalue weighted by molar-refractivity contribution is -0.276. The second-order valence-electron chi connectivity index (χ2n) is 2.26. The van der Waals surface area contributed by atoms with Gasteiger partial charge in [0.2, 0.25) is 11.3 Å². The first-order chi connectivity index (χ1) is 6.31. The van der Waals surface area contributed by atoms with Crippen LogP contribution in [0.25, 0.3) is 0 Å². The number of ether oxygens (including phenoxy) is 1. The molecule has 1 rings (SSSR count). The summed E-state index contributed by atoms with van der Waals surface area (Å²) < 4.78 is 38.6. The van der Waals surface area contributed by atoms with Crippen LogP contribution in [0.2, 0.25) is 0 Å². The van der Waals surface area contributed by atoms with E-state index in [2.05, 4.69) is 9.72 Å². The van der Waals surface area contributed by atoms with Crippen LogP contribution in [0.3, 0.4) is 0 Å². The Balaban J connectivity index is 3.13. The fourth-order valence-corrected chi connectivity index (χ4v) is 1.27. The minimum Gasteiger partial charge on any atom is -0.394 e. The molecule has 0 radical (unpaired) electrons. The van der Waals surface area contributed by atoms with Gasteiger partial charge < -0.3 is 15.5 Å². The molecule has 1 heterocycles. The van der Waals surface area contributed by atoms with Crippen LogP contribution in [0.4, 0.5) is 18.9 Å². The van der Waals surface area contributed by atoms with Gasteiger partial charge in [-0.2, -0.15) is 0 Å². The van der Waals surface area contributed by atoms with Crippen LogP contribution in [-0.2, 0) is 0 Å². The molecule has 0 saturated carbocycles. The van der Waals surface area contributed by atoms with E-state index in [0.29, 0.717) is 0 Å². The molecule has 14 heavy (non-hydrogen) atoms. The molecule has 0 aliphatic carbocycles. The molecular formula is C6H4F3IN2O2. The van der Waals surface area contributed by atoms with Crippen molar-refractivity contribution in [1.82, 2.24) is 4.98 Å². The van der Waals surface area contributed by atoms with Crippen LogP contribution in [0, 0.1) is 3.57 Å². The average Bonchev–Trinajstić information content (AvgIpc) is 2.04. The summed E-state index contributed by atoms with van der Waals surface area (Å²) in [5, 5.41) is 0. The summed E-state index contributed by atoms with van der Waals surface area (Å²) in [5.74, 6) is -0.655. The van der Waals surface area contributed by atoms with Crippen molar-refractivity contribution >= 4 is 28.3 Å². The SMILES string of the molecule is Nc1c[nH]c(OC(F)(F)F)c(I)c1=O. The molecule has 0 aliphatic heterocycles. The summed E-state index contributed by atoms with van der Waals surface area (Å²) in [6.07, 6.45) is -3.88. The number of pyridine rings is 1. The van der Waals surface area contributed by atoms with Crippen molar-refractivity contribution in [1.29, 1.82) is 0 Å². The summed E-state index contributed by atoms with van der Waals surface area (Å²) in [6, 6.07) is 0. The van der Waals surface area contributed by atoms with Crippen molar-refractivity contribution in [3.05, 3.63) is 20.0 Å². The summed E-state index contributed by atoms with van der Waals surface area (Å²) in [7, 11) is 0. The largest absolute Gasteiger partial charge is 0.574 e. The van der Waals surface area contributed by atoms with E-state index in [1.807, 2.05) is 0 Å². The molecule has 0 amide bonds. The Morgan fingerprint density at radius 2 is 2.07 bits per heavy atom. The van der Waals surface area contributed by atoms with E-state index < -0.39 is 17.7 Å². The first kappa shape index (κ1) is 11.1. The van der Waals surface area contributed by atoms with Crippen LogP contribution in [0.15, 0.2) is 11.0 Å². The summed E-state index contributed by atoms with van der Waals surface area (Å²) >= 11 is 1.42. The Bertz CT molecular complexity index is 401. The first-order valence-electron chi connectivity index (χ1n) is 3.23. The van der Waals surface area contributed by atoms with Gasteiger partial charge in [0, 0.05) is 6.20 Å². The van der Waals surface area contributed by atoms with E-state index in [-0.39, 0.29) is 9.26 Å². The van der Waals surface area contributed by atoms with Gasteiger partial charge in [-0.15, -0.1) is 13.2 Å². The number of anilines is 1. The Hall–Kier alpha value is -0.930. The van der Waals surface area contributed by atoms with E-state index >= 15 is 0 Å². The van der Waals surface area contributed by atoms with Gasteiger partial charge >= 0.3 is 6.36 Å². The number of aromatic amines is 1. The van der Waals surface area contributed by atoms with E-state index in [1.165, 1.54) is 22.6 Å². The Kier molecular flexibility index (Phi) is 2.92. The van der Waals surface area contributed by atoms with Crippen LogP contribution in [-0.4, -0.2) is 11.3 Å². The Morgan fingerprint density at radius 3 is 2.57 bits per heavy atom. The Labute approximate surface area is 89.4 Å². The summed E-state index contributed by atoms with van der Waals surface area (Å²) in [5.41, 5.74) is 4.31. The molecule has 0 aromatic carbocycles. The van der Waals surface area contributed by atoms with Crippen molar-refractivity contribution in [3.8, 4) is 5.88 Å². The fourth-order valence-electron chi connectivity index (χ4n) is 0.692. The third-order valence-electron chi connectivity index (χ3n) is 1.24. The zero-order chi connectivity index (χ0) is 10.9. The van der Waals surface area contributed by atoms with Gasteiger partial charge in [-0.1, -0.05) is 0 Å². The second kappa shape index (κ2) is 3.67. The predicted molar refractivity (Wildman–Crippen MR) is 50.9 cm³/mol. The van der Waals surface area contributed by atoms with Gasteiger partial charge in [0.05, 0.1) is 5.69 Å². The van der Waals surface area contributed by atoms with E-state index in [4.69, 9.17) is 5.73 Å². The lowest BCUT2D eigenvalue weighted by Crippen LogP contribution is -2.22. The quantitative estimate of drug-likeness (QED) is 0.770. The maximum atomic E-state index is 11.8. The van der Waals surface area contributed by atoms with Crippen molar-refractivity contribution in [2.24, 2.45) is 0 Å². The van der Waals surface area contributed by atoms with Gasteiger partial charge in [-0.05, 0) is 22.6 Å². The van der Waals surface area contributed by atoms with E-state index in [9.17, 15) is 18.0 Å². The molecule has 0 atom stereocenters. The second-order valence-corrected chi connectivity index (χ2v) is 3.34. The molecule has 0 fully saturated rings. The van der Waals surface area contributed by atoms with Gasteiger partial charge in [-0.3, -0.25) is 4.79 Å². The lowest BCUT2D eigenvalue weighted by atomic mass is 10.4. The van der Waals surface area contributed by atoms with Gasteiger partial charge in [0.25, 0.3) is 0 Å². The average molecular weight is 320 g/mol. The fraction of sp³-hybridized carbons (Fsp3) is 0.167. The number of aromatic nitrogens is 1. The van der Waals surface area contributed by atoms with Gasteiger partial charge in [0.1, 0.15) is 3.57 Å². The maximum absolute atomic E-state index is 11.8. The number of hydrogen-bond acceptors (Lipinski definition) is 3. The van der Waals surface area contributed by atoms with E-state index in [0.717, 1.165) is 6.20 Å². The number of hydrogen-bond donors (Lipinski definition) is 2. The summed E-state index contributed by atoms with van der Waals surface area (Å²) in [4.78, 5) is 13.2. The molecule has 1 aromatic heterocycles. The van der Waals surface area contributed by atoms with E-state index in [1.54, 1.807) is 0 Å². The number of rotatable bonds is 1. The number of nitrogens with one attached hydrogen (secondary N) is 1. The molecule has 0 spiro atoms. The highest BCUT2D eigenvalue weighted by Crippen LogP contribution is 2.23. The van der Waals surface area contributed by atoms with Crippen LogP contribution in [0.1, 0.15) is 0 Å².